The average Bonchev–Trinajstić information content (AvgIpc) is 3.10. The summed E-state index contributed by atoms with van der Waals surface area (Å²) in [4.78, 5) is 12.2. The number of hydrogen-bond acceptors (Lipinski definition) is 3. The second-order valence-corrected chi connectivity index (χ2v) is 8.94. The van der Waals surface area contributed by atoms with Gasteiger partial charge in [-0.1, -0.05) is 30.2 Å². The van der Waals surface area contributed by atoms with Crippen LogP contribution in [-0.2, 0) is 14.8 Å². The van der Waals surface area contributed by atoms with Gasteiger partial charge in [-0.05, 0) is 49.8 Å². The predicted octanol–water partition coefficient (Wildman–Crippen LogP) is 3.81. The number of hydrogen-bond donors (Lipinski definition) is 1. The minimum atomic E-state index is -3.63. The summed E-state index contributed by atoms with van der Waals surface area (Å²) >= 11 is 6.15. The van der Waals surface area contributed by atoms with E-state index in [0.29, 0.717) is 25.2 Å². The zero-order valence-electron chi connectivity index (χ0n) is 14.1. The third-order valence-electron chi connectivity index (χ3n) is 4.71. The van der Waals surface area contributed by atoms with Crippen LogP contribution in [0.5, 0.6) is 0 Å². The van der Waals surface area contributed by atoms with E-state index in [1.807, 2.05) is 0 Å². The van der Waals surface area contributed by atoms with E-state index in [1.165, 1.54) is 16.4 Å². The van der Waals surface area contributed by atoms with Gasteiger partial charge < -0.3 is 5.32 Å². The lowest BCUT2D eigenvalue weighted by Crippen LogP contribution is -2.35. The van der Waals surface area contributed by atoms with Crippen molar-refractivity contribution in [3.63, 3.8) is 0 Å². The van der Waals surface area contributed by atoms with Crippen molar-refractivity contribution in [3.8, 4) is 0 Å². The van der Waals surface area contributed by atoms with E-state index in [2.05, 4.69) is 17.5 Å². The molecule has 0 radical (unpaired) electrons. The molecule has 1 aromatic carbocycles. The van der Waals surface area contributed by atoms with E-state index in [9.17, 15) is 13.2 Å². The van der Waals surface area contributed by atoms with Gasteiger partial charge in [0, 0.05) is 25.2 Å². The van der Waals surface area contributed by atoms with Crippen LogP contribution in [0.25, 0.3) is 0 Å². The quantitative estimate of drug-likeness (QED) is 0.787. The minimum absolute atomic E-state index is 0.0645. The van der Waals surface area contributed by atoms with E-state index in [-0.39, 0.29) is 21.7 Å². The molecule has 3 rings (SSSR count). The van der Waals surface area contributed by atoms with Gasteiger partial charge in [0.25, 0.3) is 0 Å². The van der Waals surface area contributed by atoms with Gasteiger partial charge in [0.1, 0.15) is 4.90 Å². The third-order valence-corrected chi connectivity index (χ3v) is 7.09. The van der Waals surface area contributed by atoms with Crippen LogP contribution in [0, 0.1) is 5.92 Å². The Morgan fingerprint density at radius 1 is 1.24 bits per heavy atom. The van der Waals surface area contributed by atoms with Crippen LogP contribution in [0.2, 0.25) is 5.02 Å². The molecule has 2 aliphatic rings. The summed E-state index contributed by atoms with van der Waals surface area (Å²) in [6.07, 6.45) is 9.33. The predicted molar refractivity (Wildman–Crippen MR) is 99.2 cm³/mol. The fourth-order valence-corrected chi connectivity index (χ4v) is 5.36. The van der Waals surface area contributed by atoms with Crippen molar-refractivity contribution >= 4 is 33.2 Å². The molecule has 1 aliphatic carbocycles. The number of nitrogens with zero attached hydrogens (tertiary/aromatic N) is 1. The van der Waals surface area contributed by atoms with Gasteiger partial charge in [-0.15, -0.1) is 0 Å². The Bertz CT molecular complexity index is 771. The number of allylic oxidation sites excluding steroid dienone is 2. The Morgan fingerprint density at radius 2 is 2.00 bits per heavy atom. The normalized spacial score (nSPS) is 21.4. The molecular weight excluding hydrogens is 360 g/mol. The van der Waals surface area contributed by atoms with Crippen LogP contribution in [-0.4, -0.2) is 31.7 Å². The van der Waals surface area contributed by atoms with E-state index < -0.39 is 10.0 Å². The van der Waals surface area contributed by atoms with Crippen LogP contribution in [0.4, 0.5) is 5.69 Å². The second-order valence-electron chi connectivity index (χ2n) is 6.63. The van der Waals surface area contributed by atoms with Gasteiger partial charge in [-0.2, -0.15) is 4.31 Å². The molecule has 1 atom stereocenters. The van der Waals surface area contributed by atoms with E-state index >= 15 is 0 Å². The molecule has 1 N–H and O–H groups in total. The molecule has 0 unspecified atom stereocenters. The summed E-state index contributed by atoms with van der Waals surface area (Å²) in [7, 11) is -3.63. The summed E-state index contributed by atoms with van der Waals surface area (Å²) < 4.78 is 27.2. The first-order valence-electron chi connectivity index (χ1n) is 8.73. The Hall–Kier alpha value is -1.37. The Balaban J connectivity index is 1.75. The Labute approximate surface area is 154 Å². The number of carbonyl (C=O) groups is 1. The molecule has 1 heterocycles. The fraction of sp³-hybridized carbons (Fsp3) is 0.500. The van der Waals surface area contributed by atoms with Crippen molar-refractivity contribution in [2.24, 2.45) is 5.92 Å². The Kier molecular flexibility index (Phi) is 5.81. The molecule has 0 saturated carbocycles. The van der Waals surface area contributed by atoms with Crippen LogP contribution in [0.15, 0.2) is 35.2 Å². The molecule has 25 heavy (non-hydrogen) atoms. The molecule has 5 nitrogen and oxygen atoms in total. The van der Waals surface area contributed by atoms with Crippen LogP contribution in [0.3, 0.4) is 0 Å². The highest BCUT2D eigenvalue weighted by Gasteiger charge is 2.28. The second kappa shape index (κ2) is 7.89. The van der Waals surface area contributed by atoms with Gasteiger partial charge in [-0.25, -0.2) is 8.42 Å². The van der Waals surface area contributed by atoms with Crippen molar-refractivity contribution in [2.45, 2.75) is 43.4 Å². The third kappa shape index (κ3) is 4.43. The summed E-state index contributed by atoms with van der Waals surface area (Å²) in [6.45, 7) is 1.03. The molecule has 0 bridgehead atoms. The van der Waals surface area contributed by atoms with Crippen LogP contribution in [0.1, 0.15) is 38.5 Å². The first-order chi connectivity index (χ1) is 12.0. The smallest absolute Gasteiger partial charge is 0.244 e. The number of amides is 1. The molecular formula is C18H23ClN2O3S. The zero-order chi connectivity index (χ0) is 17.9. The Morgan fingerprint density at radius 3 is 2.68 bits per heavy atom. The van der Waals surface area contributed by atoms with Gasteiger partial charge in [-0.3, -0.25) is 4.79 Å². The maximum absolute atomic E-state index is 12.8. The molecule has 1 amide bonds. The number of sulfonamides is 1. The maximum atomic E-state index is 12.8. The molecule has 136 valence electrons. The largest absolute Gasteiger partial charge is 0.326 e. The van der Waals surface area contributed by atoms with Crippen molar-refractivity contribution in [3.05, 3.63) is 35.4 Å². The number of benzene rings is 1. The summed E-state index contributed by atoms with van der Waals surface area (Å²) in [6, 6.07) is 4.64. The number of halogens is 1. The maximum Gasteiger partial charge on any atom is 0.244 e. The molecule has 1 aliphatic heterocycles. The summed E-state index contributed by atoms with van der Waals surface area (Å²) in [5, 5.41) is 2.98. The van der Waals surface area contributed by atoms with Crippen LogP contribution >= 0.6 is 11.6 Å². The number of carbonyl (C=O) groups excluding carboxylic acids is 1. The van der Waals surface area contributed by atoms with Crippen molar-refractivity contribution in [1.29, 1.82) is 0 Å². The lowest BCUT2D eigenvalue weighted by atomic mass is 10.1. The highest BCUT2D eigenvalue weighted by Crippen LogP contribution is 2.30. The monoisotopic (exact) mass is 382 g/mol. The lowest BCUT2D eigenvalue weighted by Gasteiger charge is -2.26. The molecule has 7 heteroatoms. The van der Waals surface area contributed by atoms with Crippen LogP contribution < -0.4 is 5.32 Å². The summed E-state index contributed by atoms with van der Waals surface area (Å²) in [5.74, 6) is 0.157. The van der Waals surface area contributed by atoms with Crippen molar-refractivity contribution in [2.75, 3.05) is 18.4 Å². The van der Waals surface area contributed by atoms with Gasteiger partial charge in [0.05, 0.1) is 5.02 Å². The average molecular weight is 383 g/mol. The highest BCUT2D eigenvalue weighted by molar-refractivity contribution is 7.89. The molecule has 0 aromatic heterocycles. The highest BCUT2D eigenvalue weighted by atomic mass is 35.5. The molecule has 1 fully saturated rings. The number of nitrogens with one attached hydrogen (secondary N) is 1. The van der Waals surface area contributed by atoms with Crippen molar-refractivity contribution < 1.29 is 13.2 Å². The first-order valence-corrected chi connectivity index (χ1v) is 10.5. The SMILES string of the molecule is O=C(C[C@H]1C=CCC1)Nc1ccc(Cl)c(S(=O)(=O)N2CCCCC2)c1. The van der Waals surface area contributed by atoms with E-state index in [4.69, 9.17) is 11.6 Å². The van der Waals surface area contributed by atoms with Gasteiger partial charge in [0.2, 0.25) is 15.9 Å². The van der Waals surface area contributed by atoms with Crippen molar-refractivity contribution in [1.82, 2.24) is 4.31 Å². The fourth-order valence-electron chi connectivity index (χ4n) is 3.34. The molecule has 1 aromatic rings. The zero-order valence-corrected chi connectivity index (χ0v) is 15.7. The number of piperidine rings is 1. The van der Waals surface area contributed by atoms with Gasteiger partial charge in [0.15, 0.2) is 0 Å². The minimum Gasteiger partial charge on any atom is -0.326 e. The number of rotatable bonds is 5. The van der Waals surface area contributed by atoms with E-state index in [1.54, 1.807) is 6.07 Å². The standard InChI is InChI=1S/C18H23ClN2O3S/c19-16-9-8-15(20-18(22)12-14-6-2-3-7-14)13-17(16)25(23,24)21-10-4-1-5-11-21/h2,6,8-9,13-14H,1,3-5,7,10-12H2,(H,20,22)/t14-/m0/s1. The first kappa shape index (κ1) is 18.4. The van der Waals surface area contributed by atoms with Gasteiger partial charge >= 0.3 is 0 Å². The summed E-state index contributed by atoms with van der Waals surface area (Å²) in [5.41, 5.74) is 0.465. The molecule has 0 spiro atoms. The number of anilines is 1. The lowest BCUT2D eigenvalue weighted by molar-refractivity contribution is -0.116. The molecule has 1 saturated heterocycles. The topological polar surface area (TPSA) is 66.5 Å². The van der Waals surface area contributed by atoms with E-state index in [0.717, 1.165) is 32.1 Å².